The molecule has 1 heterocycles. The molecule has 0 amide bonds. The van der Waals surface area contributed by atoms with Crippen LogP contribution in [0.2, 0.25) is 0 Å². The first-order chi connectivity index (χ1) is 7.52. The highest BCUT2D eigenvalue weighted by Gasteiger charge is 2.12. The van der Waals surface area contributed by atoms with E-state index in [4.69, 9.17) is 11.6 Å². The molecule has 1 rings (SSSR count). The van der Waals surface area contributed by atoms with Crippen molar-refractivity contribution < 1.29 is 0 Å². The highest BCUT2D eigenvalue weighted by Crippen LogP contribution is 2.16. The van der Waals surface area contributed by atoms with Gasteiger partial charge in [0.1, 0.15) is 5.01 Å². The molecule has 2 nitrogen and oxygen atoms in total. The molecular weight excluding hydrogens is 240 g/mol. The van der Waals surface area contributed by atoms with Crippen LogP contribution >= 0.6 is 22.9 Å². The molecule has 16 heavy (non-hydrogen) atoms. The molecule has 0 saturated heterocycles. The third-order valence-electron chi connectivity index (χ3n) is 2.69. The van der Waals surface area contributed by atoms with Crippen molar-refractivity contribution in [3.63, 3.8) is 0 Å². The molecule has 0 radical (unpaired) electrons. The third kappa shape index (κ3) is 4.40. The maximum atomic E-state index is 5.74. The van der Waals surface area contributed by atoms with E-state index >= 15 is 0 Å². The average Bonchev–Trinajstić information content (AvgIpc) is 2.64. The summed E-state index contributed by atoms with van der Waals surface area (Å²) < 4.78 is 0. The van der Waals surface area contributed by atoms with Gasteiger partial charge in [-0.15, -0.1) is 22.9 Å². The van der Waals surface area contributed by atoms with E-state index in [2.05, 4.69) is 37.7 Å². The largest absolute Gasteiger partial charge is 0.297 e. The van der Waals surface area contributed by atoms with Crippen molar-refractivity contribution in [2.75, 3.05) is 7.05 Å². The summed E-state index contributed by atoms with van der Waals surface area (Å²) in [5.41, 5.74) is 0.992. The molecule has 92 valence electrons. The van der Waals surface area contributed by atoms with Gasteiger partial charge in [0, 0.05) is 11.4 Å². The van der Waals surface area contributed by atoms with E-state index in [9.17, 15) is 0 Å². The van der Waals surface area contributed by atoms with E-state index in [-0.39, 0.29) is 0 Å². The number of halogens is 1. The molecule has 1 unspecified atom stereocenters. The van der Waals surface area contributed by atoms with Gasteiger partial charge >= 0.3 is 0 Å². The molecule has 0 spiro atoms. The molecule has 0 saturated carbocycles. The first-order valence-electron chi connectivity index (χ1n) is 5.72. The molecule has 0 aromatic carbocycles. The second-order valence-corrected chi connectivity index (χ2v) is 5.97. The summed E-state index contributed by atoms with van der Waals surface area (Å²) in [6, 6.07) is 0.600. The fourth-order valence-corrected chi connectivity index (χ4v) is 2.80. The van der Waals surface area contributed by atoms with Crippen molar-refractivity contribution in [3.8, 4) is 0 Å². The number of hydrogen-bond donors (Lipinski definition) is 0. The lowest BCUT2D eigenvalue weighted by molar-refractivity contribution is 0.220. The number of alkyl halides is 1. The molecule has 1 aromatic heterocycles. The highest BCUT2D eigenvalue weighted by molar-refractivity contribution is 7.09. The van der Waals surface area contributed by atoms with Crippen LogP contribution < -0.4 is 0 Å². The van der Waals surface area contributed by atoms with Crippen LogP contribution in [0.5, 0.6) is 0 Å². The summed E-state index contributed by atoms with van der Waals surface area (Å²) in [5.74, 6) is 1.26. The van der Waals surface area contributed by atoms with Crippen LogP contribution in [-0.2, 0) is 12.4 Å². The summed E-state index contributed by atoms with van der Waals surface area (Å²) in [5, 5.41) is 3.21. The van der Waals surface area contributed by atoms with Gasteiger partial charge in [0.15, 0.2) is 0 Å². The minimum atomic E-state index is 0.516. The van der Waals surface area contributed by atoms with Crippen molar-refractivity contribution in [1.29, 1.82) is 0 Å². The topological polar surface area (TPSA) is 16.1 Å². The molecular formula is C12H21ClN2S. The fourth-order valence-electron chi connectivity index (χ4n) is 1.71. The molecule has 0 bridgehead atoms. The van der Waals surface area contributed by atoms with Crippen LogP contribution in [0.4, 0.5) is 0 Å². The smallest absolute Gasteiger partial charge is 0.107 e. The summed E-state index contributed by atoms with van der Waals surface area (Å²) >= 11 is 7.44. The van der Waals surface area contributed by atoms with Crippen LogP contribution in [0.3, 0.4) is 0 Å². The Kier molecular flexibility index (Phi) is 5.73. The Morgan fingerprint density at radius 1 is 1.44 bits per heavy atom. The van der Waals surface area contributed by atoms with E-state index in [1.807, 2.05) is 5.38 Å². The van der Waals surface area contributed by atoms with Crippen LogP contribution in [0.1, 0.15) is 37.9 Å². The van der Waals surface area contributed by atoms with Gasteiger partial charge in [-0.2, -0.15) is 0 Å². The maximum absolute atomic E-state index is 5.74. The van der Waals surface area contributed by atoms with Crippen molar-refractivity contribution in [3.05, 3.63) is 16.1 Å². The van der Waals surface area contributed by atoms with Gasteiger partial charge in [-0.1, -0.05) is 13.8 Å². The van der Waals surface area contributed by atoms with E-state index in [1.165, 1.54) is 6.42 Å². The molecule has 4 heteroatoms. The predicted molar refractivity (Wildman–Crippen MR) is 72.1 cm³/mol. The number of nitrogens with zero attached hydrogens (tertiary/aromatic N) is 2. The normalized spacial score (nSPS) is 13.7. The SMILES string of the molecule is CC(C)CC(C)N(C)Cc1nc(CCl)cs1. The van der Waals surface area contributed by atoms with Crippen molar-refractivity contribution in [2.45, 2.75) is 45.7 Å². The lowest BCUT2D eigenvalue weighted by atomic mass is 10.0. The van der Waals surface area contributed by atoms with Gasteiger partial charge in [0.25, 0.3) is 0 Å². The third-order valence-corrected chi connectivity index (χ3v) is 3.84. The highest BCUT2D eigenvalue weighted by atomic mass is 35.5. The zero-order valence-electron chi connectivity index (χ0n) is 10.5. The predicted octanol–water partition coefficient (Wildman–Crippen LogP) is 3.75. The zero-order chi connectivity index (χ0) is 12.1. The van der Waals surface area contributed by atoms with Gasteiger partial charge in [0.05, 0.1) is 18.1 Å². The number of hydrogen-bond acceptors (Lipinski definition) is 3. The van der Waals surface area contributed by atoms with Gasteiger partial charge in [0.2, 0.25) is 0 Å². The fraction of sp³-hybridized carbons (Fsp3) is 0.750. The van der Waals surface area contributed by atoms with Crippen LogP contribution in [-0.4, -0.2) is 23.0 Å². The number of rotatable bonds is 6. The number of aromatic nitrogens is 1. The van der Waals surface area contributed by atoms with Crippen LogP contribution in [0, 0.1) is 5.92 Å². The molecule has 0 aliphatic carbocycles. The van der Waals surface area contributed by atoms with Crippen molar-refractivity contribution in [2.24, 2.45) is 5.92 Å². The Morgan fingerprint density at radius 3 is 2.62 bits per heavy atom. The molecule has 0 aliphatic rings. The first-order valence-corrected chi connectivity index (χ1v) is 7.13. The molecule has 1 atom stereocenters. The summed E-state index contributed by atoms with van der Waals surface area (Å²) in [7, 11) is 2.16. The zero-order valence-corrected chi connectivity index (χ0v) is 12.1. The first kappa shape index (κ1) is 13.9. The van der Waals surface area contributed by atoms with E-state index < -0.39 is 0 Å². The van der Waals surface area contributed by atoms with Gasteiger partial charge in [-0.25, -0.2) is 4.98 Å². The van der Waals surface area contributed by atoms with E-state index in [0.717, 1.165) is 23.2 Å². The molecule has 0 aliphatic heterocycles. The maximum Gasteiger partial charge on any atom is 0.107 e. The quantitative estimate of drug-likeness (QED) is 0.725. The summed E-state index contributed by atoms with van der Waals surface area (Å²) in [6.45, 7) is 7.73. The van der Waals surface area contributed by atoms with Gasteiger partial charge < -0.3 is 0 Å². The second kappa shape index (κ2) is 6.58. The summed E-state index contributed by atoms with van der Waals surface area (Å²) in [4.78, 5) is 6.83. The molecule has 1 aromatic rings. The Balaban J connectivity index is 2.46. The number of thiazole rings is 1. The molecule has 0 fully saturated rings. The Bertz CT molecular complexity index is 312. The Hall–Kier alpha value is -0.120. The van der Waals surface area contributed by atoms with Crippen molar-refractivity contribution in [1.82, 2.24) is 9.88 Å². The summed E-state index contributed by atoms with van der Waals surface area (Å²) in [6.07, 6.45) is 1.23. The van der Waals surface area contributed by atoms with Crippen LogP contribution in [0.25, 0.3) is 0 Å². The average molecular weight is 261 g/mol. The van der Waals surface area contributed by atoms with Gasteiger partial charge in [-0.05, 0) is 26.3 Å². The monoisotopic (exact) mass is 260 g/mol. The second-order valence-electron chi connectivity index (χ2n) is 4.76. The molecule has 0 N–H and O–H groups in total. The van der Waals surface area contributed by atoms with E-state index in [0.29, 0.717) is 11.9 Å². The van der Waals surface area contributed by atoms with Crippen molar-refractivity contribution >= 4 is 22.9 Å². The Morgan fingerprint density at radius 2 is 2.12 bits per heavy atom. The Labute approximate surface area is 108 Å². The van der Waals surface area contributed by atoms with Gasteiger partial charge in [-0.3, -0.25) is 4.90 Å². The standard InChI is InChI=1S/C12H21ClN2S/c1-9(2)5-10(3)15(4)7-12-14-11(6-13)8-16-12/h8-10H,5-7H2,1-4H3. The van der Waals surface area contributed by atoms with Crippen LogP contribution in [0.15, 0.2) is 5.38 Å². The van der Waals surface area contributed by atoms with E-state index in [1.54, 1.807) is 11.3 Å². The minimum Gasteiger partial charge on any atom is -0.297 e. The minimum absolute atomic E-state index is 0.516. The lowest BCUT2D eigenvalue weighted by Crippen LogP contribution is -2.29. The lowest BCUT2D eigenvalue weighted by Gasteiger charge is -2.25.